The standard InChI is InChI=1S/C10H16Br2/c11-9(5-1-2-6-9)10(12)7-3-4-8-10/h1-8H2. The molecule has 70 valence electrons. The molecule has 0 aromatic carbocycles. The molecule has 0 aliphatic heterocycles. The van der Waals surface area contributed by atoms with Gasteiger partial charge in [0.25, 0.3) is 0 Å². The van der Waals surface area contributed by atoms with Crippen LogP contribution in [0.2, 0.25) is 0 Å². The molecule has 2 aliphatic rings. The molecule has 0 spiro atoms. The van der Waals surface area contributed by atoms with E-state index in [-0.39, 0.29) is 0 Å². The molecule has 12 heavy (non-hydrogen) atoms. The lowest BCUT2D eigenvalue weighted by atomic mass is 9.89. The normalized spacial score (nSPS) is 32.5. The monoisotopic (exact) mass is 294 g/mol. The molecule has 0 saturated heterocycles. The molecule has 0 bridgehead atoms. The Morgan fingerprint density at radius 2 is 0.833 bits per heavy atom. The Kier molecular flexibility index (Phi) is 2.59. The number of alkyl halides is 2. The average Bonchev–Trinajstić information content (AvgIpc) is 2.60. The summed E-state index contributed by atoms with van der Waals surface area (Å²) in [7, 11) is 0. The molecule has 0 nitrogen and oxygen atoms in total. The summed E-state index contributed by atoms with van der Waals surface area (Å²) in [6.45, 7) is 0. The van der Waals surface area contributed by atoms with Crippen molar-refractivity contribution in [1.82, 2.24) is 0 Å². The van der Waals surface area contributed by atoms with Gasteiger partial charge in [-0.1, -0.05) is 57.5 Å². The van der Waals surface area contributed by atoms with Crippen molar-refractivity contribution in [2.24, 2.45) is 0 Å². The highest BCUT2D eigenvalue weighted by Crippen LogP contribution is 2.56. The van der Waals surface area contributed by atoms with E-state index in [1.807, 2.05) is 0 Å². The van der Waals surface area contributed by atoms with Gasteiger partial charge >= 0.3 is 0 Å². The Hall–Kier alpha value is 0.960. The van der Waals surface area contributed by atoms with E-state index < -0.39 is 0 Å². The summed E-state index contributed by atoms with van der Waals surface area (Å²) < 4.78 is 0.882. The molecular formula is C10H16Br2. The van der Waals surface area contributed by atoms with Crippen LogP contribution < -0.4 is 0 Å². The minimum atomic E-state index is 0.441. The first kappa shape index (κ1) is 9.51. The Labute approximate surface area is 91.7 Å². The molecule has 0 aromatic heterocycles. The fourth-order valence-corrected chi connectivity index (χ4v) is 4.68. The van der Waals surface area contributed by atoms with Crippen LogP contribution in [0, 0.1) is 0 Å². The van der Waals surface area contributed by atoms with Crippen LogP contribution in [0.3, 0.4) is 0 Å². The van der Waals surface area contributed by atoms with Crippen molar-refractivity contribution in [1.29, 1.82) is 0 Å². The first-order valence-electron chi connectivity index (χ1n) is 5.04. The second-order valence-electron chi connectivity index (χ2n) is 4.34. The molecule has 0 amide bonds. The van der Waals surface area contributed by atoms with E-state index in [1.165, 1.54) is 51.4 Å². The van der Waals surface area contributed by atoms with Gasteiger partial charge in [0.2, 0.25) is 0 Å². The van der Waals surface area contributed by atoms with E-state index in [9.17, 15) is 0 Å². The van der Waals surface area contributed by atoms with Crippen LogP contribution in [0.5, 0.6) is 0 Å². The first-order valence-corrected chi connectivity index (χ1v) is 6.63. The SMILES string of the molecule is BrC1(C2(Br)CCCC2)CCCC1. The molecule has 2 saturated carbocycles. The van der Waals surface area contributed by atoms with Gasteiger partial charge in [-0.3, -0.25) is 0 Å². The lowest BCUT2D eigenvalue weighted by Gasteiger charge is -2.37. The molecule has 0 heterocycles. The van der Waals surface area contributed by atoms with Gasteiger partial charge < -0.3 is 0 Å². The second-order valence-corrected chi connectivity index (χ2v) is 7.38. The molecule has 2 fully saturated rings. The maximum Gasteiger partial charge on any atom is 0.0410 e. The van der Waals surface area contributed by atoms with E-state index in [2.05, 4.69) is 31.9 Å². The highest BCUT2D eigenvalue weighted by atomic mass is 79.9. The largest absolute Gasteiger partial charge is 0.0838 e. The summed E-state index contributed by atoms with van der Waals surface area (Å²) in [6.07, 6.45) is 11.2. The van der Waals surface area contributed by atoms with E-state index >= 15 is 0 Å². The van der Waals surface area contributed by atoms with E-state index in [1.54, 1.807) is 0 Å². The van der Waals surface area contributed by atoms with Crippen molar-refractivity contribution in [3.05, 3.63) is 0 Å². The van der Waals surface area contributed by atoms with Gasteiger partial charge in [0.05, 0.1) is 0 Å². The Morgan fingerprint density at radius 3 is 1.08 bits per heavy atom. The maximum atomic E-state index is 3.98. The summed E-state index contributed by atoms with van der Waals surface area (Å²) in [4.78, 5) is 0. The van der Waals surface area contributed by atoms with Crippen LogP contribution >= 0.6 is 31.9 Å². The molecule has 2 rings (SSSR count). The van der Waals surface area contributed by atoms with E-state index in [4.69, 9.17) is 0 Å². The molecule has 0 N–H and O–H groups in total. The third-order valence-corrected chi connectivity index (χ3v) is 7.23. The zero-order valence-corrected chi connectivity index (χ0v) is 10.6. The summed E-state index contributed by atoms with van der Waals surface area (Å²) in [5.41, 5.74) is 0. The summed E-state index contributed by atoms with van der Waals surface area (Å²) in [6, 6.07) is 0. The van der Waals surface area contributed by atoms with Crippen molar-refractivity contribution < 1.29 is 0 Å². The molecule has 2 aliphatic carbocycles. The molecule has 2 heteroatoms. The highest BCUT2D eigenvalue weighted by Gasteiger charge is 2.50. The minimum Gasteiger partial charge on any atom is -0.0838 e. The Bertz CT molecular complexity index is 145. The van der Waals surface area contributed by atoms with Crippen LogP contribution in [0.15, 0.2) is 0 Å². The van der Waals surface area contributed by atoms with Crippen molar-refractivity contribution >= 4 is 31.9 Å². The van der Waals surface area contributed by atoms with Gasteiger partial charge in [0.15, 0.2) is 0 Å². The molecule has 0 radical (unpaired) electrons. The molecular weight excluding hydrogens is 280 g/mol. The molecule has 0 unspecified atom stereocenters. The summed E-state index contributed by atoms with van der Waals surface area (Å²) in [5.74, 6) is 0. The van der Waals surface area contributed by atoms with Crippen molar-refractivity contribution in [2.75, 3.05) is 0 Å². The average molecular weight is 296 g/mol. The van der Waals surface area contributed by atoms with Crippen LogP contribution in [-0.2, 0) is 0 Å². The first-order chi connectivity index (χ1) is 5.66. The minimum absolute atomic E-state index is 0.441. The number of hydrogen-bond donors (Lipinski definition) is 0. The van der Waals surface area contributed by atoms with Crippen LogP contribution in [0.1, 0.15) is 51.4 Å². The van der Waals surface area contributed by atoms with Gasteiger partial charge in [0.1, 0.15) is 0 Å². The lowest BCUT2D eigenvalue weighted by molar-refractivity contribution is 0.453. The van der Waals surface area contributed by atoms with Gasteiger partial charge in [0, 0.05) is 8.65 Å². The van der Waals surface area contributed by atoms with Gasteiger partial charge in [-0.05, 0) is 25.7 Å². The number of rotatable bonds is 1. The number of hydrogen-bond acceptors (Lipinski definition) is 0. The third-order valence-electron chi connectivity index (χ3n) is 3.60. The quantitative estimate of drug-likeness (QED) is 0.629. The zero-order chi connectivity index (χ0) is 8.66. The van der Waals surface area contributed by atoms with E-state index in [0.717, 1.165) is 0 Å². The van der Waals surface area contributed by atoms with Gasteiger partial charge in [-0.15, -0.1) is 0 Å². The Balaban J connectivity index is 2.14. The zero-order valence-electron chi connectivity index (χ0n) is 7.41. The van der Waals surface area contributed by atoms with Gasteiger partial charge in [-0.25, -0.2) is 0 Å². The highest BCUT2D eigenvalue weighted by molar-refractivity contribution is 9.13. The topological polar surface area (TPSA) is 0 Å². The maximum absolute atomic E-state index is 3.98. The third kappa shape index (κ3) is 1.39. The fraction of sp³-hybridized carbons (Fsp3) is 1.00. The van der Waals surface area contributed by atoms with Gasteiger partial charge in [-0.2, -0.15) is 0 Å². The smallest absolute Gasteiger partial charge is 0.0410 e. The Morgan fingerprint density at radius 1 is 0.583 bits per heavy atom. The summed E-state index contributed by atoms with van der Waals surface area (Å²) in [5, 5.41) is 0. The predicted molar refractivity (Wildman–Crippen MR) is 60.3 cm³/mol. The lowest BCUT2D eigenvalue weighted by Crippen LogP contribution is -2.40. The van der Waals surface area contributed by atoms with Crippen LogP contribution in [0.25, 0.3) is 0 Å². The fourth-order valence-electron chi connectivity index (χ4n) is 2.77. The summed E-state index contributed by atoms with van der Waals surface area (Å²) >= 11 is 7.96. The predicted octanol–water partition coefficient (Wildman–Crippen LogP) is 4.40. The van der Waals surface area contributed by atoms with Crippen molar-refractivity contribution in [3.63, 3.8) is 0 Å². The molecule has 0 aromatic rings. The van der Waals surface area contributed by atoms with Crippen molar-refractivity contribution in [3.8, 4) is 0 Å². The van der Waals surface area contributed by atoms with Crippen molar-refractivity contribution in [2.45, 2.75) is 60.0 Å². The number of halogens is 2. The van der Waals surface area contributed by atoms with Crippen LogP contribution in [-0.4, -0.2) is 8.65 Å². The van der Waals surface area contributed by atoms with E-state index in [0.29, 0.717) is 8.65 Å². The van der Waals surface area contributed by atoms with Crippen LogP contribution in [0.4, 0.5) is 0 Å². The molecule has 0 atom stereocenters. The second kappa shape index (κ2) is 3.27.